The van der Waals surface area contributed by atoms with Gasteiger partial charge < -0.3 is 15.5 Å². The van der Waals surface area contributed by atoms with E-state index in [1.807, 2.05) is 36.4 Å². The second-order valence-corrected chi connectivity index (χ2v) is 6.76. The summed E-state index contributed by atoms with van der Waals surface area (Å²) in [6, 6.07) is 20.0. The molecule has 0 saturated carbocycles. The largest absolute Gasteiger partial charge is 0.508 e. The van der Waals surface area contributed by atoms with Gasteiger partial charge in [0.15, 0.2) is 0 Å². The maximum Gasteiger partial charge on any atom is 0.121 e. The molecule has 0 fully saturated rings. The summed E-state index contributed by atoms with van der Waals surface area (Å²) in [5.74, 6) is 1.24. The molecule has 0 aliphatic heterocycles. The Morgan fingerprint density at radius 1 is 0.917 bits per heavy atom. The van der Waals surface area contributed by atoms with Gasteiger partial charge in [0.05, 0.1) is 0 Å². The normalized spacial score (nSPS) is 10.9. The number of aliphatic hydroxyl groups is 1. The average Bonchev–Trinajstić information content (AvgIpc) is 2.62. The van der Waals surface area contributed by atoms with Gasteiger partial charge in [-0.1, -0.05) is 30.3 Å². The van der Waals surface area contributed by atoms with Gasteiger partial charge in [-0.15, -0.1) is 11.8 Å². The van der Waals surface area contributed by atoms with Crippen LogP contribution in [0, 0.1) is 0 Å². The van der Waals surface area contributed by atoms with Crippen LogP contribution in [-0.4, -0.2) is 22.6 Å². The molecular formula is C20H21NO2S. The molecular weight excluding hydrogens is 318 g/mol. The molecule has 0 atom stereocenters. The standard InChI is InChI=1S/C20H21NO2S/c22-12-3-13-24-17-9-7-16(8-10-17)21-14-19-18-5-2-1-4-15(18)6-11-20(19)23/h1-2,4-11,21-23H,3,12-14H2. The highest BCUT2D eigenvalue weighted by atomic mass is 32.2. The molecule has 0 heterocycles. The molecule has 0 bridgehead atoms. The van der Waals surface area contributed by atoms with Gasteiger partial charge in [0.25, 0.3) is 0 Å². The Balaban J connectivity index is 1.69. The highest BCUT2D eigenvalue weighted by Crippen LogP contribution is 2.28. The number of thioether (sulfide) groups is 1. The van der Waals surface area contributed by atoms with E-state index in [0.29, 0.717) is 12.3 Å². The first-order chi connectivity index (χ1) is 11.8. The zero-order valence-corrected chi connectivity index (χ0v) is 14.2. The monoisotopic (exact) mass is 339 g/mol. The highest BCUT2D eigenvalue weighted by molar-refractivity contribution is 7.99. The summed E-state index contributed by atoms with van der Waals surface area (Å²) in [7, 11) is 0. The fourth-order valence-corrected chi connectivity index (χ4v) is 3.46. The van der Waals surface area contributed by atoms with Gasteiger partial charge in [0.2, 0.25) is 0 Å². The second-order valence-electron chi connectivity index (χ2n) is 5.59. The van der Waals surface area contributed by atoms with Crippen molar-refractivity contribution in [3.05, 3.63) is 66.2 Å². The number of phenols is 1. The van der Waals surface area contributed by atoms with Crippen molar-refractivity contribution in [1.82, 2.24) is 0 Å². The zero-order chi connectivity index (χ0) is 16.8. The smallest absolute Gasteiger partial charge is 0.121 e. The van der Waals surface area contributed by atoms with Gasteiger partial charge in [-0.25, -0.2) is 0 Å². The fraction of sp³-hybridized carbons (Fsp3) is 0.200. The SMILES string of the molecule is OCCCSc1ccc(NCc2c(O)ccc3ccccc23)cc1. The summed E-state index contributed by atoms with van der Waals surface area (Å²) in [4.78, 5) is 1.20. The molecule has 0 radical (unpaired) electrons. The van der Waals surface area contributed by atoms with Crippen molar-refractivity contribution in [2.24, 2.45) is 0 Å². The van der Waals surface area contributed by atoms with Crippen LogP contribution in [-0.2, 0) is 6.54 Å². The minimum absolute atomic E-state index is 0.237. The van der Waals surface area contributed by atoms with E-state index < -0.39 is 0 Å². The fourth-order valence-electron chi connectivity index (χ4n) is 2.62. The molecule has 0 amide bonds. The summed E-state index contributed by atoms with van der Waals surface area (Å²) in [6.45, 7) is 0.811. The zero-order valence-electron chi connectivity index (χ0n) is 13.4. The number of aliphatic hydroxyl groups excluding tert-OH is 1. The molecule has 3 N–H and O–H groups in total. The summed E-state index contributed by atoms with van der Waals surface area (Å²) in [5, 5.41) is 24.6. The molecule has 3 nitrogen and oxygen atoms in total. The van der Waals surface area contributed by atoms with Crippen LogP contribution in [0.2, 0.25) is 0 Å². The molecule has 0 aromatic heterocycles. The van der Waals surface area contributed by atoms with Crippen LogP contribution < -0.4 is 5.32 Å². The van der Waals surface area contributed by atoms with Gasteiger partial charge in [-0.2, -0.15) is 0 Å². The Kier molecular flexibility index (Phi) is 5.62. The molecule has 0 saturated heterocycles. The third-order valence-electron chi connectivity index (χ3n) is 3.91. The van der Waals surface area contributed by atoms with Gasteiger partial charge in [-0.05, 0) is 47.5 Å². The lowest BCUT2D eigenvalue weighted by molar-refractivity contribution is 0.296. The first kappa shape index (κ1) is 16.7. The van der Waals surface area contributed by atoms with E-state index in [1.54, 1.807) is 17.8 Å². The Morgan fingerprint density at radius 3 is 2.50 bits per heavy atom. The van der Waals surface area contributed by atoms with Crippen molar-refractivity contribution >= 4 is 28.2 Å². The quantitative estimate of drug-likeness (QED) is 0.434. The maximum absolute atomic E-state index is 10.2. The maximum atomic E-state index is 10.2. The van der Waals surface area contributed by atoms with Crippen molar-refractivity contribution < 1.29 is 10.2 Å². The number of aromatic hydroxyl groups is 1. The van der Waals surface area contributed by atoms with E-state index in [4.69, 9.17) is 5.11 Å². The number of rotatable bonds is 7. The van der Waals surface area contributed by atoms with Crippen LogP contribution in [0.25, 0.3) is 10.8 Å². The van der Waals surface area contributed by atoms with Gasteiger partial charge in [0, 0.05) is 35.1 Å². The summed E-state index contributed by atoms with van der Waals surface area (Å²) in [5.41, 5.74) is 1.93. The van der Waals surface area contributed by atoms with E-state index in [9.17, 15) is 5.11 Å². The summed E-state index contributed by atoms with van der Waals surface area (Å²) >= 11 is 1.74. The Bertz CT molecular complexity index is 802. The van der Waals surface area contributed by atoms with Crippen molar-refractivity contribution in [3.63, 3.8) is 0 Å². The number of fused-ring (bicyclic) bond motifs is 1. The molecule has 0 unspecified atom stereocenters. The van der Waals surface area contributed by atoms with Crippen LogP contribution in [0.1, 0.15) is 12.0 Å². The number of nitrogens with one attached hydrogen (secondary N) is 1. The van der Waals surface area contributed by atoms with E-state index in [-0.39, 0.29) is 6.61 Å². The number of hydrogen-bond acceptors (Lipinski definition) is 4. The molecule has 0 spiro atoms. The predicted octanol–water partition coefficient (Wildman–Crippen LogP) is 4.63. The van der Waals surface area contributed by atoms with Crippen LogP contribution in [0.5, 0.6) is 5.75 Å². The van der Waals surface area contributed by atoms with E-state index in [0.717, 1.165) is 34.2 Å². The van der Waals surface area contributed by atoms with E-state index >= 15 is 0 Å². The number of benzene rings is 3. The van der Waals surface area contributed by atoms with Crippen molar-refractivity contribution in [1.29, 1.82) is 0 Å². The minimum Gasteiger partial charge on any atom is -0.508 e. The van der Waals surface area contributed by atoms with E-state index in [2.05, 4.69) is 23.5 Å². The van der Waals surface area contributed by atoms with E-state index in [1.165, 1.54) is 4.90 Å². The highest BCUT2D eigenvalue weighted by Gasteiger charge is 2.06. The topological polar surface area (TPSA) is 52.5 Å². The number of hydrogen-bond donors (Lipinski definition) is 3. The molecule has 3 aromatic carbocycles. The van der Waals surface area contributed by atoms with Crippen LogP contribution >= 0.6 is 11.8 Å². The third-order valence-corrected chi connectivity index (χ3v) is 5.01. The minimum atomic E-state index is 0.237. The van der Waals surface area contributed by atoms with Gasteiger partial charge in [-0.3, -0.25) is 0 Å². The number of phenolic OH excluding ortho intramolecular Hbond substituents is 1. The molecule has 3 rings (SSSR count). The van der Waals surface area contributed by atoms with Gasteiger partial charge in [0.1, 0.15) is 5.75 Å². The predicted molar refractivity (Wildman–Crippen MR) is 102 cm³/mol. The first-order valence-electron chi connectivity index (χ1n) is 8.05. The molecule has 4 heteroatoms. The lowest BCUT2D eigenvalue weighted by Crippen LogP contribution is -2.00. The van der Waals surface area contributed by atoms with Crippen molar-refractivity contribution in [3.8, 4) is 5.75 Å². The van der Waals surface area contributed by atoms with Crippen LogP contribution in [0.15, 0.2) is 65.6 Å². The van der Waals surface area contributed by atoms with Crippen LogP contribution in [0.3, 0.4) is 0 Å². The number of anilines is 1. The molecule has 0 aliphatic rings. The Labute approximate surface area is 146 Å². The molecule has 24 heavy (non-hydrogen) atoms. The lowest BCUT2D eigenvalue weighted by atomic mass is 10.0. The molecule has 124 valence electrons. The Hall–Kier alpha value is -2.17. The molecule has 0 aliphatic carbocycles. The summed E-state index contributed by atoms with van der Waals surface area (Å²) < 4.78 is 0. The van der Waals surface area contributed by atoms with Crippen molar-refractivity contribution in [2.45, 2.75) is 17.9 Å². The second kappa shape index (κ2) is 8.08. The van der Waals surface area contributed by atoms with Gasteiger partial charge >= 0.3 is 0 Å². The Morgan fingerprint density at radius 2 is 1.71 bits per heavy atom. The average molecular weight is 339 g/mol. The molecule has 3 aromatic rings. The third kappa shape index (κ3) is 4.02. The summed E-state index contributed by atoms with van der Waals surface area (Å²) in [6.07, 6.45) is 0.811. The first-order valence-corrected chi connectivity index (χ1v) is 9.03. The van der Waals surface area contributed by atoms with Crippen molar-refractivity contribution in [2.75, 3.05) is 17.7 Å². The lowest BCUT2D eigenvalue weighted by Gasteiger charge is -2.12. The van der Waals surface area contributed by atoms with Crippen LogP contribution in [0.4, 0.5) is 5.69 Å².